The molecule has 0 bridgehead atoms. The Morgan fingerprint density at radius 3 is 2.24 bits per heavy atom. The molecule has 0 radical (unpaired) electrons. The highest BCUT2D eigenvalue weighted by molar-refractivity contribution is 7.90. The summed E-state index contributed by atoms with van der Waals surface area (Å²) >= 11 is 0. The minimum Gasteiger partial charge on any atom is -0.474 e. The molecule has 8 heteroatoms. The molecular formula is C21H31N3O4S. The molecule has 2 aliphatic carbocycles. The summed E-state index contributed by atoms with van der Waals surface area (Å²) in [5.74, 6) is 0.859. The summed E-state index contributed by atoms with van der Waals surface area (Å²) in [5, 5.41) is 0. The Bertz CT molecular complexity index is 807. The number of amides is 1. The molecule has 0 atom stereocenters. The van der Waals surface area contributed by atoms with E-state index in [0.29, 0.717) is 11.8 Å². The van der Waals surface area contributed by atoms with E-state index in [9.17, 15) is 13.2 Å². The van der Waals surface area contributed by atoms with E-state index in [2.05, 4.69) is 14.8 Å². The number of nitrogens with zero attached hydrogens (tertiary/aromatic N) is 3. The summed E-state index contributed by atoms with van der Waals surface area (Å²) in [4.78, 5) is 21.8. The van der Waals surface area contributed by atoms with E-state index in [1.54, 1.807) is 6.07 Å². The minimum absolute atomic E-state index is 0.0334. The summed E-state index contributed by atoms with van der Waals surface area (Å²) in [6.45, 7) is 3.76. The highest BCUT2D eigenvalue weighted by Crippen LogP contribution is 2.30. The van der Waals surface area contributed by atoms with Gasteiger partial charge in [-0.05, 0) is 44.6 Å². The molecule has 1 aliphatic heterocycles. The Morgan fingerprint density at radius 1 is 1.03 bits per heavy atom. The number of piperazine rings is 1. The van der Waals surface area contributed by atoms with Crippen molar-refractivity contribution in [1.82, 2.24) is 14.8 Å². The Balaban J connectivity index is 1.22. The van der Waals surface area contributed by atoms with Crippen molar-refractivity contribution in [1.29, 1.82) is 0 Å². The Kier molecular flexibility index (Phi) is 6.11. The van der Waals surface area contributed by atoms with Gasteiger partial charge in [0.2, 0.25) is 11.8 Å². The lowest BCUT2D eigenvalue weighted by Crippen LogP contribution is -2.54. The molecule has 0 unspecified atom stereocenters. The van der Waals surface area contributed by atoms with Crippen LogP contribution in [-0.4, -0.2) is 73.7 Å². The van der Waals surface area contributed by atoms with Gasteiger partial charge in [-0.25, -0.2) is 13.4 Å². The quantitative estimate of drug-likeness (QED) is 0.725. The molecule has 2 saturated carbocycles. The number of sulfone groups is 1. The van der Waals surface area contributed by atoms with E-state index in [1.165, 1.54) is 31.5 Å². The van der Waals surface area contributed by atoms with Crippen LogP contribution in [0.15, 0.2) is 23.2 Å². The summed E-state index contributed by atoms with van der Waals surface area (Å²) in [6.07, 6.45) is 9.87. The van der Waals surface area contributed by atoms with Crippen LogP contribution in [0.25, 0.3) is 0 Å². The number of hydrogen-bond acceptors (Lipinski definition) is 6. The topological polar surface area (TPSA) is 79.8 Å². The fourth-order valence-electron chi connectivity index (χ4n) is 4.57. The first-order valence-corrected chi connectivity index (χ1v) is 12.6. The number of ether oxygens (including phenoxy) is 1. The number of carbonyl (C=O) groups is 1. The smallest absolute Gasteiger partial charge is 0.225 e. The molecule has 0 aromatic carbocycles. The van der Waals surface area contributed by atoms with Gasteiger partial charge in [0.15, 0.2) is 9.84 Å². The average Bonchev–Trinajstić information content (AvgIpc) is 2.67. The summed E-state index contributed by atoms with van der Waals surface area (Å²) in [7, 11) is -3.25. The number of carbonyl (C=O) groups excluding carboxylic acids is 1. The van der Waals surface area contributed by atoms with E-state index in [1.807, 2.05) is 0 Å². The zero-order chi connectivity index (χ0) is 20.4. The van der Waals surface area contributed by atoms with Gasteiger partial charge in [-0.1, -0.05) is 6.42 Å². The molecule has 1 amide bonds. The highest BCUT2D eigenvalue weighted by Gasteiger charge is 2.34. The van der Waals surface area contributed by atoms with Crippen molar-refractivity contribution in [2.45, 2.75) is 62.0 Å². The van der Waals surface area contributed by atoms with Crippen molar-refractivity contribution in [3.8, 4) is 5.88 Å². The lowest BCUT2D eigenvalue weighted by atomic mass is 9.86. The summed E-state index contributed by atoms with van der Waals surface area (Å²) in [6, 6.07) is 3.89. The van der Waals surface area contributed by atoms with Crippen molar-refractivity contribution in [3.05, 3.63) is 18.3 Å². The van der Waals surface area contributed by atoms with Gasteiger partial charge in [0.25, 0.3) is 0 Å². The Morgan fingerprint density at radius 2 is 1.72 bits per heavy atom. The third kappa shape index (κ3) is 4.91. The number of rotatable bonds is 5. The second-order valence-corrected chi connectivity index (χ2v) is 10.7. The SMILES string of the molecule is CS(=O)(=O)c1ccc(O[C@H]2CC[C@H](C(=O)N3CCN(C4CCC4)CC3)CC2)nc1. The highest BCUT2D eigenvalue weighted by atomic mass is 32.2. The molecule has 1 aromatic heterocycles. The van der Waals surface area contributed by atoms with Crippen molar-refractivity contribution in [2.24, 2.45) is 5.92 Å². The molecule has 29 heavy (non-hydrogen) atoms. The Labute approximate surface area is 173 Å². The van der Waals surface area contributed by atoms with E-state index >= 15 is 0 Å². The standard InChI is InChI=1S/C21H31N3O4S/c1-29(26,27)19-9-10-20(22-15-19)28-18-7-5-16(6-8-18)21(25)24-13-11-23(12-14-24)17-3-2-4-17/h9-10,15-18H,2-8,11-14H2,1H3/t16-,18-. The van der Waals surface area contributed by atoms with Crippen LogP contribution in [0, 0.1) is 5.92 Å². The van der Waals surface area contributed by atoms with E-state index in [4.69, 9.17) is 4.74 Å². The van der Waals surface area contributed by atoms with E-state index < -0.39 is 9.84 Å². The molecule has 3 fully saturated rings. The van der Waals surface area contributed by atoms with E-state index in [-0.39, 0.29) is 16.9 Å². The van der Waals surface area contributed by atoms with Gasteiger partial charge in [-0.3, -0.25) is 9.69 Å². The average molecular weight is 422 g/mol. The van der Waals surface area contributed by atoms with Gasteiger partial charge in [0.1, 0.15) is 6.10 Å². The predicted octanol–water partition coefficient (Wildman–Crippen LogP) is 2.12. The molecule has 1 saturated heterocycles. The van der Waals surface area contributed by atoms with Gasteiger partial charge in [0.05, 0.1) is 4.90 Å². The molecule has 1 aromatic rings. The first-order valence-electron chi connectivity index (χ1n) is 10.8. The van der Waals surface area contributed by atoms with Gasteiger partial charge in [-0.15, -0.1) is 0 Å². The van der Waals surface area contributed by atoms with Crippen LogP contribution >= 0.6 is 0 Å². The number of aromatic nitrogens is 1. The number of hydrogen-bond donors (Lipinski definition) is 0. The third-order valence-electron chi connectivity index (χ3n) is 6.67. The van der Waals surface area contributed by atoms with Gasteiger partial charge >= 0.3 is 0 Å². The van der Waals surface area contributed by atoms with Crippen LogP contribution < -0.4 is 4.74 Å². The van der Waals surface area contributed by atoms with Crippen LogP contribution in [0.1, 0.15) is 44.9 Å². The second kappa shape index (κ2) is 8.60. The lowest BCUT2D eigenvalue weighted by molar-refractivity contribution is -0.139. The van der Waals surface area contributed by atoms with Crippen LogP contribution in [0.3, 0.4) is 0 Å². The normalized spacial score (nSPS) is 26.7. The molecule has 0 N–H and O–H groups in total. The van der Waals surface area contributed by atoms with Crippen molar-refractivity contribution in [3.63, 3.8) is 0 Å². The third-order valence-corrected chi connectivity index (χ3v) is 7.76. The van der Waals surface area contributed by atoms with Crippen LogP contribution in [-0.2, 0) is 14.6 Å². The monoisotopic (exact) mass is 421 g/mol. The first-order chi connectivity index (χ1) is 13.9. The van der Waals surface area contributed by atoms with Crippen molar-refractivity contribution >= 4 is 15.7 Å². The van der Waals surface area contributed by atoms with Crippen LogP contribution in [0.4, 0.5) is 0 Å². The maximum absolute atomic E-state index is 12.9. The minimum atomic E-state index is -3.25. The van der Waals surface area contributed by atoms with Crippen LogP contribution in [0.2, 0.25) is 0 Å². The van der Waals surface area contributed by atoms with Gasteiger partial charge in [-0.2, -0.15) is 0 Å². The fraction of sp³-hybridized carbons (Fsp3) is 0.714. The zero-order valence-electron chi connectivity index (χ0n) is 17.1. The molecular weight excluding hydrogens is 390 g/mol. The predicted molar refractivity (Wildman–Crippen MR) is 110 cm³/mol. The number of pyridine rings is 1. The van der Waals surface area contributed by atoms with Crippen LogP contribution in [0.5, 0.6) is 5.88 Å². The molecule has 2 heterocycles. The van der Waals surface area contributed by atoms with Crippen molar-refractivity contribution < 1.29 is 17.9 Å². The van der Waals surface area contributed by atoms with E-state index in [0.717, 1.165) is 64.2 Å². The molecule has 0 spiro atoms. The maximum Gasteiger partial charge on any atom is 0.225 e. The first kappa shape index (κ1) is 20.6. The summed E-state index contributed by atoms with van der Waals surface area (Å²) in [5.41, 5.74) is 0. The maximum atomic E-state index is 12.9. The van der Waals surface area contributed by atoms with Gasteiger partial charge < -0.3 is 9.64 Å². The Hall–Kier alpha value is -1.67. The molecule has 3 aliphatic rings. The molecule has 160 valence electrons. The zero-order valence-corrected chi connectivity index (χ0v) is 17.9. The fourth-order valence-corrected chi connectivity index (χ4v) is 5.13. The van der Waals surface area contributed by atoms with Crippen molar-refractivity contribution in [2.75, 3.05) is 32.4 Å². The largest absolute Gasteiger partial charge is 0.474 e. The second-order valence-electron chi connectivity index (χ2n) is 8.64. The molecule has 7 nitrogen and oxygen atoms in total. The summed E-state index contributed by atoms with van der Waals surface area (Å²) < 4.78 is 28.9. The van der Waals surface area contributed by atoms with Gasteiger partial charge in [0, 0.05) is 56.7 Å². The molecule has 4 rings (SSSR count). The lowest BCUT2D eigenvalue weighted by Gasteiger charge is -2.43.